The van der Waals surface area contributed by atoms with Gasteiger partial charge in [-0.25, -0.2) is 4.98 Å². The summed E-state index contributed by atoms with van der Waals surface area (Å²) in [5, 5.41) is 19.0. The van der Waals surface area contributed by atoms with Crippen LogP contribution in [0.1, 0.15) is 18.4 Å². The van der Waals surface area contributed by atoms with Crippen LogP contribution < -0.4 is 10.6 Å². The highest BCUT2D eigenvalue weighted by molar-refractivity contribution is 7.80. The number of aliphatic hydroxyl groups is 1. The number of anilines is 1. The van der Waals surface area contributed by atoms with Crippen molar-refractivity contribution in [3.63, 3.8) is 0 Å². The summed E-state index contributed by atoms with van der Waals surface area (Å²) in [5.41, 5.74) is 1.60. The molecule has 25 heavy (non-hydrogen) atoms. The summed E-state index contributed by atoms with van der Waals surface area (Å²) in [4.78, 5) is 4.64. The fraction of sp³-hybridized carbons (Fsp3) is 0.529. The van der Waals surface area contributed by atoms with Crippen molar-refractivity contribution in [2.45, 2.75) is 25.4 Å². The number of para-hydroxylation sites is 1. The molecular formula is C17H25BN4OS2. The van der Waals surface area contributed by atoms with Crippen molar-refractivity contribution in [2.75, 3.05) is 31.5 Å². The van der Waals surface area contributed by atoms with Gasteiger partial charge in [-0.05, 0) is 43.6 Å². The molecule has 2 bridgehead atoms. The molecule has 1 unspecified atom stereocenters. The van der Waals surface area contributed by atoms with Gasteiger partial charge in [0.2, 0.25) is 0 Å². The first-order valence-corrected chi connectivity index (χ1v) is 9.62. The average Bonchev–Trinajstić information content (AvgIpc) is 2.97. The Kier molecular flexibility index (Phi) is 4.26. The molecule has 3 aliphatic heterocycles. The summed E-state index contributed by atoms with van der Waals surface area (Å²) in [6, 6.07) is 6.20. The Morgan fingerprint density at radius 1 is 1.48 bits per heavy atom. The number of piperidine rings is 3. The molecule has 1 atom stereocenters. The smallest absolute Gasteiger partial charge is 0.190 e. The van der Waals surface area contributed by atoms with Gasteiger partial charge in [0.25, 0.3) is 0 Å². The van der Waals surface area contributed by atoms with E-state index in [9.17, 15) is 5.11 Å². The Bertz CT molecular complexity index is 818. The molecule has 3 aliphatic rings. The summed E-state index contributed by atoms with van der Waals surface area (Å²) >= 11 is 7.06. The molecule has 0 aliphatic carbocycles. The van der Waals surface area contributed by atoms with Crippen LogP contribution in [0.25, 0.3) is 10.2 Å². The first-order valence-electron chi connectivity index (χ1n) is 8.39. The second-order valence-corrected chi connectivity index (χ2v) is 8.34. The number of aryl methyl sites for hydroxylation is 1. The van der Waals surface area contributed by atoms with Crippen LogP contribution >= 0.6 is 23.6 Å². The average molecular weight is 376 g/mol. The van der Waals surface area contributed by atoms with Crippen LogP contribution in [0.5, 0.6) is 0 Å². The number of nitrogens with zero attached hydrogens (tertiary/aromatic N) is 2. The number of benzene rings is 1. The normalized spacial score (nSPS) is 31.2. The molecule has 1 aromatic carbocycles. The van der Waals surface area contributed by atoms with E-state index >= 15 is 0 Å². The SMILES string of the molecule is [BH3-][N+]12CCC(CC1)C(O)(CNC(=S)Nc1nc3c(C)cccc3s1)C2. The fourth-order valence-corrected chi connectivity index (χ4v) is 5.04. The van der Waals surface area contributed by atoms with E-state index in [-0.39, 0.29) is 7.98 Å². The summed E-state index contributed by atoms with van der Waals surface area (Å²) < 4.78 is 2.39. The maximum absolute atomic E-state index is 11.2. The zero-order chi connectivity index (χ0) is 17.7. The van der Waals surface area contributed by atoms with Crippen molar-refractivity contribution in [1.29, 1.82) is 0 Å². The van der Waals surface area contributed by atoms with Crippen molar-refractivity contribution in [1.82, 2.24) is 10.3 Å². The van der Waals surface area contributed by atoms with Gasteiger partial charge in [-0.1, -0.05) is 23.5 Å². The number of fused-ring (bicyclic) bond motifs is 4. The van der Waals surface area contributed by atoms with Crippen LogP contribution in [0.2, 0.25) is 0 Å². The van der Waals surface area contributed by atoms with Crippen LogP contribution in [0.15, 0.2) is 18.2 Å². The number of rotatable bonds is 3. The van der Waals surface area contributed by atoms with E-state index in [1.165, 1.54) is 35.9 Å². The highest BCUT2D eigenvalue weighted by Crippen LogP contribution is 2.38. The Balaban J connectivity index is 1.40. The van der Waals surface area contributed by atoms with Crippen LogP contribution in [-0.4, -0.2) is 59.4 Å². The fourth-order valence-electron chi connectivity index (χ4n) is 3.86. The number of nitrogens with one attached hydrogen (secondary N) is 2. The van der Waals surface area contributed by atoms with Gasteiger partial charge in [0.15, 0.2) is 18.2 Å². The Hall–Kier alpha value is -1.22. The lowest BCUT2D eigenvalue weighted by Gasteiger charge is -2.60. The third-order valence-electron chi connectivity index (χ3n) is 5.24. The van der Waals surface area contributed by atoms with Gasteiger partial charge in [-0.15, -0.1) is 0 Å². The molecule has 1 aromatic heterocycles. The molecule has 2 aromatic rings. The van der Waals surface area contributed by atoms with Crippen LogP contribution in [0, 0.1) is 12.8 Å². The third kappa shape index (κ3) is 3.28. The molecular weight excluding hydrogens is 351 g/mol. The molecule has 3 fully saturated rings. The summed E-state index contributed by atoms with van der Waals surface area (Å²) in [7, 11) is 0.200. The van der Waals surface area contributed by atoms with E-state index in [1.54, 1.807) is 11.3 Å². The number of hydrogen-bond acceptors (Lipinski definition) is 4. The molecule has 4 heterocycles. The van der Waals surface area contributed by atoms with Gasteiger partial charge in [0, 0.05) is 19.0 Å². The second-order valence-electron chi connectivity index (χ2n) is 6.90. The molecule has 5 rings (SSSR count). The van der Waals surface area contributed by atoms with E-state index in [0.29, 0.717) is 17.6 Å². The first-order chi connectivity index (χ1) is 11.9. The van der Waals surface area contributed by atoms with Crippen molar-refractivity contribution in [3.8, 4) is 0 Å². The maximum atomic E-state index is 11.2. The van der Waals surface area contributed by atoms with Crippen molar-refractivity contribution in [2.24, 2.45) is 5.92 Å². The predicted molar refractivity (Wildman–Crippen MR) is 111 cm³/mol. The Morgan fingerprint density at radius 2 is 2.24 bits per heavy atom. The molecule has 5 nitrogen and oxygen atoms in total. The van der Waals surface area contributed by atoms with Gasteiger partial charge in [-0.3, -0.25) is 0 Å². The first kappa shape index (κ1) is 17.2. The maximum Gasteiger partial charge on any atom is 0.190 e. The lowest BCUT2D eigenvalue weighted by Crippen LogP contribution is -2.70. The van der Waals surface area contributed by atoms with Gasteiger partial charge in [0.1, 0.15) is 5.60 Å². The number of hydrogen-bond donors (Lipinski definition) is 3. The van der Waals surface area contributed by atoms with Crippen molar-refractivity contribution >= 4 is 52.0 Å². The van der Waals surface area contributed by atoms with Crippen molar-refractivity contribution < 1.29 is 9.50 Å². The van der Waals surface area contributed by atoms with E-state index in [2.05, 4.69) is 40.7 Å². The summed E-state index contributed by atoms with van der Waals surface area (Å²) in [6.07, 6.45) is 2.33. The Labute approximate surface area is 158 Å². The lowest BCUT2D eigenvalue weighted by atomic mass is 9.72. The Morgan fingerprint density at radius 3 is 2.92 bits per heavy atom. The van der Waals surface area contributed by atoms with E-state index in [4.69, 9.17) is 12.2 Å². The van der Waals surface area contributed by atoms with Crippen LogP contribution in [-0.2, 0) is 0 Å². The molecule has 134 valence electrons. The highest BCUT2D eigenvalue weighted by Gasteiger charge is 2.49. The monoisotopic (exact) mass is 376 g/mol. The summed E-state index contributed by atoms with van der Waals surface area (Å²) in [5.74, 6) is 0.422. The minimum atomic E-state index is -0.603. The number of thiazole rings is 1. The van der Waals surface area contributed by atoms with Crippen LogP contribution in [0.3, 0.4) is 0 Å². The van der Waals surface area contributed by atoms with Gasteiger partial charge in [-0.2, -0.15) is 0 Å². The second kappa shape index (κ2) is 6.19. The van der Waals surface area contributed by atoms with E-state index < -0.39 is 5.60 Å². The minimum absolute atomic E-state index is 0.200. The van der Waals surface area contributed by atoms with E-state index in [0.717, 1.165) is 21.9 Å². The highest BCUT2D eigenvalue weighted by atomic mass is 32.1. The van der Waals surface area contributed by atoms with Gasteiger partial charge >= 0.3 is 0 Å². The molecule has 0 spiro atoms. The quantitative estimate of drug-likeness (QED) is 0.554. The topological polar surface area (TPSA) is 57.2 Å². The molecule has 3 N–H and O–H groups in total. The standard InChI is InChI=1S/C17H25BN4OS2/c1-11-3-2-4-13-14(11)20-16(25-13)21-15(24)19-9-17(23)10-22(18)7-5-12(17)6-8-22/h2-4,12,23H,5-10H2,1,18H3,(H2,19,20,21,24). The summed E-state index contributed by atoms with van der Waals surface area (Å²) in [6.45, 7) is 6.12. The van der Waals surface area contributed by atoms with Crippen LogP contribution in [0.4, 0.5) is 5.13 Å². The molecule has 3 saturated heterocycles. The lowest BCUT2D eigenvalue weighted by molar-refractivity contribution is -0.846. The predicted octanol–water partition coefficient (Wildman–Crippen LogP) is 1.14. The van der Waals surface area contributed by atoms with E-state index in [1.807, 2.05) is 0 Å². The molecule has 8 heteroatoms. The number of thiocarbonyl (C=S) groups is 1. The van der Waals surface area contributed by atoms with Crippen molar-refractivity contribution in [3.05, 3.63) is 23.8 Å². The largest absolute Gasteiger partial charge is 0.520 e. The zero-order valence-corrected chi connectivity index (χ0v) is 15.3. The third-order valence-corrected chi connectivity index (χ3v) is 6.42. The molecule has 0 amide bonds. The van der Waals surface area contributed by atoms with Gasteiger partial charge in [0.05, 0.1) is 23.3 Å². The van der Waals surface area contributed by atoms with Gasteiger partial charge < -0.3 is 20.1 Å². The zero-order valence-electron chi connectivity index (χ0n) is 13.7. The number of aromatic nitrogens is 1. The number of quaternary nitrogens is 1. The minimum Gasteiger partial charge on any atom is -0.520 e. The molecule has 0 saturated carbocycles. The molecule has 0 radical (unpaired) electrons.